The second kappa shape index (κ2) is 11.6. The number of nitrogen functional groups attached to an aromatic ring is 1. The summed E-state index contributed by atoms with van der Waals surface area (Å²) in [4.78, 5) is 41.6. The molecule has 0 spiro atoms. The first-order valence-corrected chi connectivity index (χ1v) is 10.7. The van der Waals surface area contributed by atoms with E-state index in [4.69, 9.17) is 19.9 Å². The molecule has 1 aromatic heterocycles. The number of rotatable bonds is 11. The Bertz CT molecular complexity index is 998. The lowest BCUT2D eigenvalue weighted by Crippen LogP contribution is -2.43. The number of carbonyl (C=O) groups is 1. The zero-order valence-corrected chi connectivity index (χ0v) is 18.2. The fraction of sp³-hybridized carbons (Fsp3) is 0.500. The molecule has 2 heterocycles. The second-order valence-corrected chi connectivity index (χ2v) is 7.56. The number of nitrogens with two attached hydrogens (primary N) is 1. The van der Waals surface area contributed by atoms with Crippen molar-refractivity contribution >= 4 is 17.4 Å². The van der Waals surface area contributed by atoms with Gasteiger partial charge < -0.3 is 24.8 Å². The number of aromatic nitrogens is 2. The summed E-state index contributed by atoms with van der Waals surface area (Å²) in [5.41, 5.74) is 5.64. The SMILES string of the molecule is COCCN(C(=O)CCOCC1CCCO1)c1c(N)n(Cc2ccccc2)c(=O)[nH]c1=O. The molecule has 32 heavy (non-hydrogen) atoms. The molecule has 0 saturated carbocycles. The molecule has 0 radical (unpaired) electrons. The average Bonchev–Trinajstić information content (AvgIpc) is 3.30. The number of anilines is 2. The summed E-state index contributed by atoms with van der Waals surface area (Å²) in [6, 6.07) is 9.23. The zero-order chi connectivity index (χ0) is 22.9. The Morgan fingerprint density at radius 1 is 1.28 bits per heavy atom. The molecule has 1 atom stereocenters. The average molecular weight is 447 g/mol. The molecule has 1 unspecified atom stereocenters. The van der Waals surface area contributed by atoms with E-state index in [1.165, 1.54) is 16.6 Å². The minimum atomic E-state index is -0.721. The predicted molar refractivity (Wildman–Crippen MR) is 120 cm³/mol. The summed E-state index contributed by atoms with van der Waals surface area (Å²) in [5.74, 6) is -0.427. The number of aromatic amines is 1. The van der Waals surface area contributed by atoms with Crippen molar-refractivity contribution in [3.05, 3.63) is 56.7 Å². The van der Waals surface area contributed by atoms with Crippen LogP contribution in [-0.4, -0.2) is 61.6 Å². The quantitative estimate of drug-likeness (QED) is 0.487. The summed E-state index contributed by atoms with van der Waals surface area (Å²) in [6.45, 7) is 1.81. The van der Waals surface area contributed by atoms with E-state index in [2.05, 4.69) is 4.98 Å². The summed E-state index contributed by atoms with van der Waals surface area (Å²) in [7, 11) is 1.50. The van der Waals surface area contributed by atoms with E-state index >= 15 is 0 Å². The van der Waals surface area contributed by atoms with E-state index in [0.717, 1.165) is 25.0 Å². The molecule has 0 aliphatic carbocycles. The van der Waals surface area contributed by atoms with Crippen LogP contribution in [0.3, 0.4) is 0 Å². The Morgan fingerprint density at radius 3 is 2.75 bits per heavy atom. The van der Waals surface area contributed by atoms with Crippen LogP contribution >= 0.6 is 0 Å². The number of nitrogens with zero attached hydrogens (tertiary/aromatic N) is 2. The lowest BCUT2D eigenvalue weighted by Gasteiger charge is -2.24. The van der Waals surface area contributed by atoms with Crippen LogP contribution < -0.4 is 21.9 Å². The smallest absolute Gasteiger partial charge is 0.330 e. The van der Waals surface area contributed by atoms with Gasteiger partial charge in [0, 0.05) is 20.3 Å². The van der Waals surface area contributed by atoms with Gasteiger partial charge in [0.25, 0.3) is 5.56 Å². The third-order valence-corrected chi connectivity index (χ3v) is 5.28. The molecule has 1 aliphatic heterocycles. The minimum Gasteiger partial charge on any atom is -0.383 e. The second-order valence-electron chi connectivity index (χ2n) is 7.56. The summed E-state index contributed by atoms with van der Waals surface area (Å²) in [6.07, 6.45) is 2.07. The van der Waals surface area contributed by atoms with Gasteiger partial charge in [0.1, 0.15) is 5.82 Å². The summed E-state index contributed by atoms with van der Waals surface area (Å²) in [5, 5.41) is 0. The van der Waals surface area contributed by atoms with Crippen molar-refractivity contribution in [3.8, 4) is 0 Å². The van der Waals surface area contributed by atoms with Gasteiger partial charge in [0.2, 0.25) is 5.91 Å². The standard InChI is InChI=1S/C22H30N4O6/c1-30-13-10-25(18(27)9-12-31-15-17-8-5-11-32-17)19-20(23)26(22(29)24-21(19)28)14-16-6-3-2-4-7-16/h2-4,6-7,17H,5,8-15,23H2,1H3,(H,24,28,29). The first-order valence-electron chi connectivity index (χ1n) is 10.7. The molecule has 1 saturated heterocycles. The van der Waals surface area contributed by atoms with Crippen molar-refractivity contribution in [3.63, 3.8) is 0 Å². The third kappa shape index (κ3) is 6.06. The van der Waals surface area contributed by atoms with Gasteiger partial charge in [-0.1, -0.05) is 30.3 Å². The van der Waals surface area contributed by atoms with Crippen LogP contribution in [0.15, 0.2) is 39.9 Å². The van der Waals surface area contributed by atoms with Crippen molar-refractivity contribution < 1.29 is 19.0 Å². The number of methoxy groups -OCH3 is 1. The van der Waals surface area contributed by atoms with Crippen molar-refractivity contribution in [1.82, 2.24) is 9.55 Å². The molecule has 3 N–H and O–H groups in total. The van der Waals surface area contributed by atoms with E-state index in [9.17, 15) is 14.4 Å². The maximum Gasteiger partial charge on any atom is 0.330 e. The maximum atomic E-state index is 13.0. The van der Waals surface area contributed by atoms with Crippen molar-refractivity contribution in [2.24, 2.45) is 0 Å². The largest absolute Gasteiger partial charge is 0.383 e. The van der Waals surface area contributed by atoms with E-state index in [1.54, 1.807) is 0 Å². The number of carbonyl (C=O) groups excluding carboxylic acids is 1. The molecular weight excluding hydrogens is 416 g/mol. The molecule has 1 aliphatic rings. The van der Waals surface area contributed by atoms with Crippen LogP contribution in [0.25, 0.3) is 0 Å². The number of nitrogens with one attached hydrogen (secondary N) is 1. The highest BCUT2D eigenvalue weighted by Crippen LogP contribution is 2.19. The van der Waals surface area contributed by atoms with Gasteiger partial charge in [-0.15, -0.1) is 0 Å². The number of hydrogen-bond donors (Lipinski definition) is 2. The van der Waals surface area contributed by atoms with E-state index in [0.29, 0.717) is 6.61 Å². The first-order chi connectivity index (χ1) is 15.5. The Morgan fingerprint density at radius 2 is 2.06 bits per heavy atom. The van der Waals surface area contributed by atoms with Crippen molar-refractivity contribution in [2.45, 2.75) is 31.9 Å². The molecule has 0 bridgehead atoms. The summed E-state index contributed by atoms with van der Waals surface area (Å²) >= 11 is 0. The monoisotopic (exact) mass is 446 g/mol. The molecule has 1 amide bonds. The highest BCUT2D eigenvalue weighted by Gasteiger charge is 2.24. The molecule has 1 fully saturated rings. The van der Waals surface area contributed by atoms with Crippen LogP contribution in [0.5, 0.6) is 0 Å². The van der Waals surface area contributed by atoms with Crippen molar-refractivity contribution in [2.75, 3.05) is 50.7 Å². The molecule has 2 aromatic rings. The van der Waals surface area contributed by atoms with Gasteiger partial charge in [-0.25, -0.2) is 4.79 Å². The van der Waals surface area contributed by atoms with Gasteiger partial charge >= 0.3 is 5.69 Å². The number of H-pyrrole nitrogens is 1. The molecule has 1 aromatic carbocycles. The molecule has 10 nitrogen and oxygen atoms in total. The Kier molecular flexibility index (Phi) is 8.60. The lowest BCUT2D eigenvalue weighted by atomic mass is 10.2. The third-order valence-electron chi connectivity index (χ3n) is 5.28. The van der Waals surface area contributed by atoms with E-state index in [1.807, 2.05) is 30.3 Å². The molecule has 174 valence electrons. The number of benzene rings is 1. The highest BCUT2D eigenvalue weighted by molar-refractivity contribution is 5.95. The van der Waals surface area contributed by atoms with Gasteiger partial charge in [-0.05, 0) is 18.4 Å². The van der Waals surface area contributed by atoms with Gasteiger partial charge in [0.05, 0.1) is 38.9 Å². The van der Waals surface area contributed by atoms with Crippen molar-refractivity contribution in [1.29, 1.82) is 0 Å². The lowest BCUT2D eigenvalue weighted by molar-refractivity contribution is -0.120. The minimum absolute atomic E-state index is 0.0487. The van der Waals surface area contributed by atoms with E-state index < -0.39 is 11.2 Å². The fourth-order valence-electron chi connectivity index (χ4n) is 3.59. The molecular formula is C22H30N4O6. The highest BCUT2D eigenvalue weighted by atomic mass is 16.5. The van der Waals surface area contributed by atoms with Gasteiger partial charge in [0.15, 0.2) is 5.69 Å². The van der Waals surface area contributed by atoms with Gasteiger partial charge in [-0.3, -0.25) is 19.1 Å². The van der Waals surface area contributed by atoms with Crippen LogP contribution in [0.2, 0.25) is 0 Å². The Labute approximate surface area is 185 Å². The molecule has 10 heteroatoms. The number of hydrogen-bond acceptors (Lipinski definition) is 7. The predicted octanol–water partition coefficient (Wildman–Crippen LogP) is 0.732. The molecule has 3 rings (SSSR count). The maximum absolute atomic E-state index is 13.0. The van der Waals surface area contributed by atoms with Crippen LogP contribution in [0.1, 0.15) is 24.8 Å². The summed E-state index contributed by atoms with van der Waals surface area (Å²) < 4.78 is 17.4. The Balaban J connectivity index is 1.79. The number of ether oxygens (including phenoxy) is 3. The van der Waals surface area contributed by atoms with Crippen LogP contribution in [0, 0.1) is 0 Å². The fourth-order valence-corrected chi connectivity index (χ4v) is 3.59. The van der Waals surface area contributed by atoms with Crippen LogP contribution in [-0.2, 0) is 25.5 Å². The van der Waals surface area contributed by atoms with E-state index in [-0.39, 0.29) is 56.2 Å². The normalized spacial score (nSPS) is 15.7. The first kappa shape index (κ1) is 23.7. The van der Waals surface area contributed by atoms with Crippen LogP contribution in [0.4, 0.5) is 11.5 Å². The Hall–Kier alpha value is -2.95. The zero-order valence-electron chi connectivity index (χ0n) is 18.2. The topological polar surface area (TPSA) is 129 Å². The van der Waals surface area contributed by atoms with Gasteiger partial charge in [-0.2, -0.15) is 0 Å². The number of amides is 1.